The van der Waals surface area contributed by atoms with E-state index in [4.69, 9.17) is 0 Å². The highest BCUT2D eigenvalue weighted by Crippen LogP contribution is 2.34. The normalized spacial score (nSPS) is 36.4. The van der Waals surface area contributed by atoms with E-state index in [1.165, 1.54) is 0 Å². The topological polar surface area (TPSA) is 40.5 Å². The quantitative estimate of drug-likeness (QED) is 0.584. The second kappa shape index (κ2) is 2.73. The Hall–Kier alpha value is -0.570. The standard InChI is InChI=1S/C9H15NO2/c11-8-4-3-6-9(12)5-1-2-7-10(8)9/h12H,1-7H2. The summed E-state index contributed by atoms with van der Waals surface area (Å²) in [5.74, 6) is 0.142. The summed E-state index contributed by atoms with van der Waals surface area (Å²) in [4.78, 5) is 13.1. The van der Waals surface area contributed by atoms with Crippen LogP contribution in [0.3, 0.4) is 0 Å². The van der Waals surface area contributed by atoms with E-state index in [2.05, 4.69) is 0 Å². The van der Waals surface area contributed by atoms with Gasteiger partial charge in [-0.25, -0.2) is 0 Å². The van der Waals surface area contributed by atoms with Crippen molar-refractivity contribution in [3.05, 3.63) is 0 Å². The second-order valence-corrected chi connectivity index (χ2v) is 3.84. The van der Waals surface area contributed by atoms with Crippen molar-refractivity contribution in [2.24, 2.45) is 0 Å². The van der Waals surface area contributed by atoms with Gasteiger partial charge >= 0.3 is 0 Å². The molecule has 0 saturated carbocycles. The fraction of sp³-hybridized carbons (Fsp3) is 0.889. The van der Waals surface area contributed by atoms with E-state index >= 15 is 0 Å². The molecule has 68 valence electrons. The number of hydrogen-bond donors (Lipinski definition) is 1. The molecule has 0 radical (unpaired) electrons. The molecule has 0 aromatic carbocycles. The smallest absolute Gasteiger partial charge is 0.224 e. The van der Waals surface area contributed by atoms with E-state index in [-0.39, 0.29) is 5.91 Å². The lowest BCUT2D eigenvalue weighted by atomic mass is 9.89. The Morgan fingerprint density at radius 3 is 2.75 bits per heavy atom. The summed E-state index contributed by atoms with van der Waals surface area (Å²) in [6.45, 7) is 0.759. The Labute approximate surface area is 72.4 Å². The van der Waals surface area contributed by atoms with Gasteiger partial charge in [0.2, 0.25) is 5.91 Å². The van der Waals surface area contributed by atoms with Crippen LogP contribution in [0, 0.1) is 0 Å². The van der Waals surface area contributed by atoms with E-state index in [1.807, 2.05) is 0 Å². The maximum absolute atomic E-state index is 11.4. The molecule has 0 aromatic rings. The molecule has 2 aliphatic rings. The van der Waals surface area contributed by atoms with Gasteiger partial charge in [-0.1, -0.05) is 0 Å². The Morgan fingerprint density at radius 2 is 2.00 bits per heavy atom. The lowest BCUT2D eigenvalue weighted by molar-refractivity contribution is -0.179. The number of nitrogens with zero attached hydrogens (tertiary/aromatic N) is 1. The number of carbonyl (C=O) groups is 1. The van der Waals surface area contributed by atoms with Crippen molar-refractivity contribution in [1.29, 1.82) is 0 Å². The first-order valence-corrected chi connectivity index (χ1v) is 4.75. The molecule has 1 unspecified atom stereocenters. The molecule has 0 aliphatic carbocycles. The van der Waals surface area contributed by atoms with Gasteiger partial charge in [-0.15, -0.1) is 0 Å². The van der Waals surface area contributed by atoms with Crippen molar-refractivity contribution in [1.82, 2.24) is 4.90 Å². The summed E-state index contributed by atoms with van der Waals surface area (Å²) in [5, 5.41) is 10.1. The van der Waals surface area contributed by atoms with Gasteiger partial charge in [0, 0.05) is 13.0 Å². The van der Waals surface area contributed by atoms with Gasteiger partial charge in [0.15, 0.2) is 0 Å². The van der Waals surface area contributed by atoms with Gasteiger partial charge in [0.25, 0.3) is 0 Å². The summed E-state index contributed by atoms with van der Waals surface area (Å²) < 4.78 is 0. The first-order chi connectivity index (χ1) is 5.72. The molecule has 3 heteroatoms. The SMILES string of the molecule is O=C1CCCC2(O)CCCCN12. The molecular formula is C9H15NO2. The van der Waals surface area contributed by atoms with Gasteiger partial charge in [0.1, 0.15) is 5.72 Å². The third kappa shape index (κ3) is 1.12. The zero-order chi connectivity index (χ0) is 8.60. The highest BCUT2D eigenvalue weighted by atomic mass is 16.3. The van der Waals surface area contributed by atoms with Crippen LogP contribution in [0.4, 0.5) is 0 Å². The maximum Gasteiger partial charge on any atom is 0.224 e. The molecule has 0 aromatic heterocycles. The van der Waals surface area contributed by atoms with Crippen molar-refractivity contribution in [2.75, 3.05) is 6.54 Å². The van der Waals surface area contributed by atoms with Gasteiger partial charge in [-0.05, 0) is 32.1 Å². The van der Waals surface area contributed by atoms with Crippen molar-refractivity contribution in [3.63, 3.8) is 0 Å². The molecule has 2 saturated heterocycles. The van der Waals surface area contributed by atoms with Crippen LogP contribution in [0.5, 0.6) is 0 Å². The Kier molecular flexibility index (Phi) is 1.83. The van der Waals surface area contributed by atoms with E-state index in [0.29, 0.717) is 6.42 Å². The summed E-state index contributed by atoms with van der Waals surface area (Å²) in [6, 6.07) is 0. The summed E-state index contributed by atoms with van der Waals surface area (Å²) >= 11 is 0. The molecule has 0 spiro atoms. The first kappa shape index (κ1) is 8.05. The summed E-state index contributed by atoms with van der Waals surface area (Å²) in [6.07, 6.45) is 5.14. The number of rotatable bonds is 0. The molecule has 1 amide bonds. The highest BCUT2D eigenvalue weighted by molar-refractivity contribution is 5.77. The lowest BCUT2D eigenvalue weighted by Gasteiger charge is -2.46. The highest BCUT2D eigenvalue weighted by Gasteiger charge is 2.41. The Balaban J connectivity index is 2.18. The third-order valence-electron chi connectivity index (χ3n) is 2.98. The first-order valence-electron chi connectivity index (χ1n) is 4.75. The molecule has 2 heterocycles. The van der Waals surface area contributed by atoms with E-state index in [0.717, 1.165) is 38.6 Å². The molecule has 2 aliphatic heterocycles. The minimum absolute atomic E-state index is 0.142. The predicted octanol–water partition coefficient (Wildman–Crippen LogP) is 0.871. The molecule has 2 rings (SSSR count). The molecule has 1 N–H and O–H groups in total. The average Bonchev–Trinajstić information content (AvgIpc) is 2.04. The van der Waals surface area contributed by atoms with Crippen LogP contribution < -0.4 is 0 Å². The van der Waals surface area contributed by atoms with Gasteiger partial charge in [-0.2, -0.15) is 0 Å². The van der Waals surface area contributed by atoms with Crippen LogP contribution in [0.15, 0.2) is 0 Å². The van der Waals surface area contributed by atoms with E-state index in [9.17, 15) is 9.90 Å². The predicted molar refractivity (Wildman–Crippen MR) is 44.4 cm³/mol. The van der Waals surface area contributed by atoms with Crippen LogP contribution >= 0.6 is 0 Å². The molecule has 2 fully saturated rings. The second-order valence-electron chi connectivity index (χ2n) is 3.84. The van der Waals surface area contributed by atoms with Gasteiger partial charge in [0.05, 0.1) is 0 Å². The average molecular weight is 169 g/mol. The molecule has 3 nitrogen and oxygen atoms in total. The van der Waals surface area contributed by atoms with Gasteiger partial charge in [-0.3, -0.25) is 4.79 Å². The minimum atomic E-state index is -0.770. The molecular weight excluding hydrogens is 154 g/mol. The minimum Gasteiger partial charge on any atom is -0.371 e. The number of piperidine rings is 2. The lowest BCUT2D eigenvalue weighted by Crippen LogP contribution is -2.56. The van der Waals surface area contributed by atoms with E-state index < -0.39 is 5.72 Å². The van der Waals surface area contributed by atoms with Gasteiger partial charge < -0.3 is 10.0 Å². The fourth-order valence-corrected chi connectivity index (χ4v) is 2.30. The zero-order valence-electron chi connectivity index (χ0n) is 7.25. The fourth-order valence-electron chi connectivity index (χ4n) is 2.30. The summed E-state index contributed by atoms with van der Waals surface area (Å²) in [7, 11) is 0. The number of amides is 1. The van der Waals surface area contributed by atoms with Crippen LogP contribution in [0.2, 0.25) is 0 Å². The van der Waals surface area contributed by atoms with Crippen LogP contribution in [-0.2, 0) is 4.79 Å². The Bertz CT molecular complexity index is 201. The monoisotopic (exact) mass is 169 g/mol. The van der Waals surface area contributed by atoms with Crippen LogP contribution in [0.1, 0.15) is 38.5 Å². The van der Waals surface area contributed by atoms with E-state index in [1.54, 1.807) is 4.90 Å². The van der Waals surface area contributed by atoms with Crippen molar-refractivity contribution in [2.45, 2.75) is 44.2 Å². The van der Waals surface area contributed by atoms with Crippen molar-refractivity contribution < 1.29 is 9.90 Å². The molecule has 1 atom stereocenters. The number of hydrogen-bond acceptors (Lipinski definition) is 2. The van der Waals surface area contributed by atoms with Crippen molar-refractivity contribution >= 4 is 5.91 Å². The summed E-state index contributed by atoms with van der Waals surface area (Å²) in [5.41, 5.74) is -0.770. The zero-order valence-corrected chi connectivity index (χ0v) is 7.25. The number of aliphatic hydroxyl groups is 1. The third-order valence-corrected chi connectivity index (χ3v) is 2.98. The van der Waals surface area contributed by atoms with Crippen LogP contribution in [0.25, 0.3) is 0 Å². The Morgan fingerprint density at radius 1 is 1.25 bits per heavy atom. The maximum atomic E-state index is 11.4. The largest absolute Gasteiger partial charge is 0.371 e. The molecule has 0 bridgehead atoms. The molecule has 12 heavy (non-hydrogen) atoms. The van der Waals surface area contributed by atoms with Crippen molar-refractivity contribution in [3.8, 4) is 0 Å². The number of fused-ring (bicyclic) bond motifs is 1. The number of carbonyl (C=O) groups excluding carboxylic acids is 1. The van der Waals surface area contributed by atoms with Crippen LogP contribution in [-0.4, -0.2) is 28.2 Å².